The highest BCUT2D eigenvalue weighted by Gasteiger charge is 2.18. The molecule has 3 N–H and O–H groups in total. The molecule has 2 saturated heterocycles. The molecular formula is C9H19N3. The standard InChI is InChI=1S/C9H19N3/c1-3-10-5-8(1)6-12-9-2-4-11-7-9/h8-12H,1-7H2. The fraction of sp³-hybridized carbons (Fsp3) is 1.00. The van der Waals surface area contributed by atoms with Crippen LogP contribution < -0.4 is 16.0 Å². The lowest BCUT2D eigenvalue weighted by Gasteiger charge is -2.14. The van der Waals surface area contributed by atoms with Crippen molar-refractivity contribution in [3.05, 3.63) is 0 Å². The van der Waals surface area contributed by atoms with Crippen LogP contribution in [0.15, 0.2) is 0 Å². The summed E-state index contributed by atoms with van der Waals surface area (Å²) >= 11 is 0. The van der Waals surface area contributed by atoms with Crippen molar-refractivity contribution >= 4 is 0 Å². The van der Waals surface area contributed by atoms with Gasteiger partial charge in [-0.1, -0.05) is 0 Å². The molecule has 0 aromatic carbocycles. The Labute approximate surface area is 74.3 Å². The molecule has 0 aromatic rings. The first kappa shape index (κ1) is 8.48. The highest BCUT2D eigenvalue weighted by Crippen LogP contribution is 2.06. The van der Waals surface area contributed by atoms with Crippen LogP contribution in [0.4, 0.5) is 0 Å². The van der Waals surface area contributed by atoms with Crippen LogP contribution in [0.25, 0.3) is 0 Å². The molecule has 2 rings (SSSR count). The monoisotopic (exact) mass is 169 g/mol. The molecule has 0 aliphatic carbocycles. The van der Waals surface area contributed by atoms with Gasteiger partial charge in [-0.05, 0) is 44.9 Å². The van der Waals surface area contributed by atoms with Crippen LogP contribution in [0, 0.1) is 5.92 Å². The first-order valence-corrected chi connectivity index (χ1v) is 5.10. The average Bonchev–Trinajstić information content (AvgIpc) is 2.74. The smallest absolute Gasteiger partial charge is 0.0204 e. The van der Waals surface area contributed by atoms with Crippen LogP contribution in [0.5, 0.6) is 0 Å². The van der Waals surface area contributed by atoms with Crippen LogP contribution in [-0.2, 0) is 0 Å². The fourth-order valence-electron chi connectivity index (χ4n) is 2.05. The van der Waals surface area contributed by atoms with Crippen molar-refractivity contribution < 1.29 is 0 Å². The van der Waals surface area contributed by atoms with Gasteiger partial charge in [0.1, 0.15) is 0 Å². The Bertz CT molecular complexity index is 110. The van der Waals surface area contributed by atoms with E-state index in [0.29, 0.717) is 0 Å². The molecule has 2 aliphatic rings. The van der Waals surface area contributed by atoms with Crippen LogP contribution in [-0.4, -0.2) is 38.8 Å². The summed E-state index contributed by atoms with van der Waals surface area (Å²) in [6.45, 7) is 6.00. The molecule has 0 spiro atoms. The van der Waals surface area contributed by atoms with Crippen molar-refractivity contribution in [3.63, 3.8) is 0 Å². The van der Waals surface area contributed by atoms with Gasteiger partial charge in [0, 0.05) is 12.6 Å². The highest BCUT2D eigenvalue weighted by molar-refractivity contribution is 4.80. The van der Waals surface area contributed by atoms with Crippen molar-refractivity contribution in [3.8, 4) is 0 Å². The molecule has 2 heterocycles. The zero-order valence-corrected chi connectivity index (χ0v) is 7.60. The van der Waals surface area contributed by atoms with Gasteiger partial charge in [-0.15, -0.1) is 0 Å². The zero-order valence-electron chi connectivity index (χ0n) is 7.60. The molecule has 0 aromatic heterocycles. The Hall–Kier alpha value is -0.120. The minimum Gasteiger partial charge on any atom is -0.316 e. The Morgan fingerprint density at radius 2 is 1.92 bits per heavy atom. The van der Waals surface area contributed by atoms with E-state index in [2.05, 4.69) is 16.0 Å². The van der Waals surface area contributed by atoms with E-state index in [9.17, 15) is 0 Å². The SMILES string of the molecule is C1CC(CNC2CCNC2)CN1. The Kier molecular flexibility index (Phi) is 2.98. The van der Waals surface area contributed by atoms with Crippen LogP contribution in [0.1, 0.15) is 12.8 Å². The van der Waals surface area contributed by atoms with E-state index in [-0.39, 0.29) is 0 Å². The summed E-state index contributed by atoms with van der Waals surface area (Å²) in [6.07, 6.45) is 2.66. The lowest BCUT2D eigenvalue weighted by atomic mass is 10.1. The quantitative estimate of drug-likeness (QED) is 0.535. The minimum atomic E-state index is 0.741. The molecule has 3 nitrogen and oxygen atoms in total. The number of hydrogen-bond acceptors (Lipinski definition) is 3. The number of rotatable bonds is 3. The van der Waals surface area contributed by atoms with E-state index >= 15 is 0 Å². The molecule has 2 unspecified atom stereocenters. The maximum absolute atomic E-state index is 3.62. The largest absolute Gasteiger partial charge is 0.316 e. The normalized spacial score (nSPS) is 36.0. The Morgan fingerprint density at radius 3 is 2.58 bits per heavy atom. The summed E-state index contributed by atoms with van der Waals surface area (Å²) in [6, 6.07) is 0.741. The van der Waals surface area contributed by atoms with Crippen molar-refractivity contribution in [2.24, 2.45) is 5.92 Å². The zero-order chi connectivity index (χ0) is 8.23. The van der Waals surface area contributed by atoms with Crippen LogP contribution in [0.2, 0.25) is 0 Å². The van der Waals surface area contributed by atoms with E-state index in [4.69, 9.17) is 0 Å². The molecule has 0 radical (unpaired) electrons. The van der Waals surface area contributed by atoms with Gasteiger partial charge in [0.15, 0.2) is 0 Å². The first-order valence-electron chi connectivity index (χ1n) is 5.10. The van der Waals surface area contributed by atoms with Gasteiger partial charge in [0.05, 0.1) is 0 Å². The van der Waals surface area contributed by atoms with Crippen molar-refractivity contribution in [2.75, 3.05) is 32.7 Å². The van der Waals surface area contributed by atoms with Gasteiger partial charge >= 0.3 is 0 Å². The third-order valence-corrected chi connectivity index (χ3v) is 2.92. The summed E-state index contributed by atoms with van der Waals surface area (Å²) in [5, 5.41) is 10.4. The molecule has 3 heteroatoms. The maximum atomic E-state index is 3.62. The lowest BCUT2D eigenvalue weighted by molar-refractivity contribution is 0.460. The van der Waals surface area contributed by atoms with Crippen LogP contribution in [0.3, 0.4) is 0 Å². The third-order valence-electron chi connectivity index (χ3n) is 2.92. The topological polar surface area (TPSA) is 36.1 Å². The highest BCUT2D eigenvalue weighted by atomic mass is 15.0. The molecular weight excluding hydrogens is 150 g/mol. The molecule has 2 fully saturated rings. The molecule has 2 atom stereocenters. The van der Waals surface area contributed by atoms with E-state index in [1.165, 1.54) is 45.6 Å². The van der Waals surface area contributed by atoms with Gasteiger partial charge in [0.25, 0.3) is 0 Å². The molecule has 0 bridgehead atoms. The lowest BCUT2D eigenvalue weighted by Crippen LogP contribution is -2.35. The number of hydrogen-bond donors (Lipinski definition) is 3. The summed E-state index contributed by atoms with van der Waals surface area (Å²) < 4.78 is 0. The van der Waals surface area contributed by atoms with E-state index in [0.717, 1.165) is 12.0 Å². The molecule has 0 amide bonds. The van der Waals surface area contributed by atoms with Crippen molar-refractivity contribution in [2.45, 2.75) is 18.9 Å². The molecule has 12 heavy (non-hydrogen) atoms. The van der Waals surface area contributed by atoms with Gasteiger partial charge in [-0.2, -0.15) is 0 Å². The van der Waals surface area contributed by atoms with E-state index in [1.54, 1.807) is 0 Å². The summed E-state index contributed by atoms with van der Waals surface area (Å²) in [4.78, 5) is 0. The van der Waals surface area contributed by atoms with Crippen molar-refractivity contribution in [1.29, 1.82) is 0 Å². The third kappa shape index (κ3) is 2.19. The second kappa shape index (κ2) is 4.21. The first-order chi connectivity index (χ1) is 5.95. The van der Waals surface area contributed by atoms with Gasteiger partial charge in [0.2, 0.25) is 0 Å². The van der Waals surface area contributed by atoms with Gasteiger partial charge in [-0.3, -0.25) is 0 Å². The fourth-order valence-corrected chi connectivity index (χ4v) is 2.05. The number of nitrogens with one attached hydrogen (secondary N) is 3. The Morgan fingerprint density at radius 1 is 1.08 bits per heavy atom. The predicted octanol–water partition coefficient (Wildman–Crippen LogP) is -0.453. The maximum Gasteiger partial charge on any atom is 0.0204 e. The summed E-state index contributed by atoms with van der Waals surface area (Å²) in [5.74, 6) is 0.880. The molecule has 70 valence electrons. The predicted molar refractivity (Wildman–Crippen MR) is 50.3 cm³/mol. The van der Waals surface area contributed by atoms with E-state index < -0.39 is 0 Å². The second-order valence-electron chi connectivity index (χ2n) is 3.96. The second-order valence-corrected chi connectivity index (χ2v) is 3.96. The summed E-state index contributed by atoms with van der Waals surface area (Å²) in [7, 11) is 0. The Balaban J connectivity index is 1.60. The molecule has 2 aliphatic heterocycles. The van der Waals surface area contributed by atoms with Crippen LogP contribution >= 0.6 is 0 Å². The average molecular weight is 169 g/mol. The minimum absolute atomic E-state index is 0.741. The van der Waals surface area contributed by atoms with Crippen molar-refractivity contribution in [1.82, 2.24) is 16.0 Å². The van der Waals surface area contributed by atoms with Gasteiger partial charge < -0.3 is 16.0 Å². The summed E-state index contributed by atoms with van der Waals surface area (Å²) in [5.41, 5.74) is 0. The molecule has 0 saturated carbocycles. The van der Waals surface area contributed by atoms with E-state index in [1.807, 2.05) is 0 Å². The van der Waals surface area contributed by atoms with Gasteiger partial charge in [-0.25, -0.2) is 0 Å².